The van der Waals surface area contributed by atoms with Gasteiger partial charge in [0.2, 0.25) is 0 Å². The molecule has 0 heterocycles. The molecule has 0 amide bonds. The van der Waals surface area contributed by atoms with Gasteiger partial charge in [-0.2, -0.15) is 0 Å². The molecule has 0 spiro atoms. The lowest BCUT2D eigenvalue weighted by molar-refractivity contribution is 0.935. The molecule has 0 atom stereocenters. The van der Waals surface area contributed by atoms with Gasteiger partial charge in [-0.05, 0) is 103 Å². The Kier molecular flexibility index (Phi) is 6.51. The molecule has 31 heavy (non-hydrogen) atoms. The zero-order chi connectivity index (χ0) is 21.8. The molecule has 1 nitrogen and oxygen atoms in total. The highest BCUT2D eigenvalue weighted by Crippen LogP contribution is 2.30. The first-order valence-electron chi connectivity index (χ1n) is 11.6. The molecule has 1 aliphatic carbocycles. The van der Waals surface area contributed by atoms with Crippen LogP contribution < -0.4 is 0 Å². The largest absolute Gasteiger partial charge is 0.289 e. The third-order valence-corrected chi connectivity index (χ3v) is 6.51. The summed E-state index contributed by atoms with van der Waals surface area (Å²) in [5.41, 5.74) is 13.4. The van der Waals surface area contributed by atoms with Gasteiger partial charge >= 0.3 is 0 Å². The van der Waals surface area contributed by atoms with E-state index in [-0.39, 0.29) is 0 Å². The van der Waals surface area contributed by atoms with Gasteiger partial charge < -0.3 is 0 Å². The van der Waals surface area contributed by atoms with Crippen LogP contribution in [0.15, 0.2) is 71.7 Å². The SMILES string of the molecule is CCc1ccc2c(c1)C(CCN=C(C)c1cccc(-c3c(C)cccc3C)c1)=CCC2. The van der Waals surface area contributed by atoms with Crippen molar-refractivity contribution >= 4 is 11.3 Å². The summed E-state index contributed by atoms with van der Waals surface area (Å²) in [4.78, 5) is 4.96. The van der Waals surface area contributed by atoms with Crippen molar-refractivity contribution in [1.29, 1.82) is 0 Å². The lowest BCUT2D eigenvalue weighted by Crippen LogP contribution is -2.03. The highest BCUT2D eigenvalue weighted by Gasteiger charge is 2.13. The molecular weight excluding hydrogens is 374 g/mol. The van der Waals surface area contributed by atoms with Crippen LogP contribution in [0.4, 0.5) is 0 Å². The van der Waals surface area contributed by atoms with Crippen molar-refractivity contribution in [2.24, 2.45) is 4.99 Å². The van der Waals surface area contributed by atoms with E-state index < -0.39 is 0 Å². The van der Waals surface area contributed by atoms with E-state index in [0.29, 0.717) is 0 Å². The van der Waals surface area contributed by atoms with Crippen molar-refractivity contribution in [2.75, 3.05) is 6.54 Å². The van der Waals surface area contributed by atoms with Crippen LogP contribution in [0.2, 0.25) is 0 Å². The summed E-state index contributed by atoms with van der Waals surface area (Å²) in [5, 5.41) is 0. The van der Waals surface area contributed by atoms with Crippen molar-refractivity contribution in [3.63, 3.8) is 0 Å². The van der Waals surface area contributed by atoms with E-state index in [4.69, 9.17) is 4.99 Å². The van der Waals surface area contributed by atoms with E-state index in [9.17, 15) is 0 Å². The first-order chi connectivity index (χ1) is 15.1. The number of hydrogen-bond donors (Lipinski definition) is 0. The highest BCUT2D eigenvalue weighted by atomic mass is 14.7. The Bertz CT molecular complexity index is 1130. The van der Waals surface area contributed by atoms with Crippen LogP contribution in [0.5, 0.6) is 0 Å². The molecule has 1 heteroatoms. The van der Waals surface area contributed by atoms with Crippen LogP contribution in [0, 0.1) is 13.8 Å². The Hall–Kier alpha value is -2.93. The molecule has 0 unspecified atom stereocenters. The predicted molar refractivity (Wildman–Crippen MR) is 135 cm³/mol. The molecule has 0 saturated heterocycles. The summed E-state index contributed by atoms with van der Waals surface area (Å²) in [6.07, 6.45) is 6.83. The number of rotatable bonds is 6. The van der Waals surface area contributed by atoms with Gasteiger partial charge in [0.15, 0.2) is 0 Å². The zero-order valence-corrected chi connectivity index (χ0v) is 19.3. The van der Waals surface area contributed by atoms with E-state index in [1.54, 1.807) is 0 Å². The predicted octanol–water partition coefficient (Wildman–Crippen LogP) is 7.76. The van der Waals surface area contributed by atoms with Crippen LogP contribution in [-0.4, -0.2) is 12.3 Å². The maximum Gasteiger partial charge on any atom is 0.0433 e. The molecule has 4 rings (SSSR count). The van der Waals surface area contributed by atoms with E-state index in [0.717, 1.165) is 37.9 Å². The Labute approximate surface area is 187 Å². The lowest BCUT2D eigenvalue weighted by atomic mass is 9.87. The molecule has 0 bridgehead atoms. The van der Waals surface area contributed by atoms with Crippen molar-refractivity contribution in [3.05, 3.63) is 100 Å². The summed E-state index contributed by atoms with van der Waals surface area (Å²) in [6.45, 7) is 9.59. The smallest absolute Gasteiger partial charge is 0.0433 e. The van der Waals surface area contributed by atoms with Gasteiger partial charge in [0.1, 0.15) is 0 Å². The van der Waals surface area contributed by atoms with Crippen LogP contribution in [0.25, 0.3) is 16.7 Å². The summed E-state index contributed by atoms with van der Waals surface area (Å²) in [6, 6.07) is 22.4. The van der Waals surface area contributed by atoms with E-state index in [2.05, 4.69) is 94.4 Å². The Morgan fingerprint density at radius 1 is 0.935 bits per heavy atom. The highest BCUT2D eigenvalue weighted by molar-refractivity contribution is 5.99. The molecular formula is C30H33N. The molecule has 158 valence electrons. The first-order valence-corrected chi connectivity index (χ1v) is 11.6. The van der Waals surface area contributed by atoms with Gasteiger partial charge in [0.05, 0.1) is 0 Å². The summed E-state index contributed by atoms with van der Waals surface area (Å²) >= 11 is 0. The maximum atomic E-state index is 4.96. The Morgan fingerprint density at radius 2 is 1.71 bits per heavy atom. The number of fused-ring (bicyclic) bond motifs is 1. The van der Waals surface area contributed by atoms with Gasteiger partial charge in [0, 0.05) is 12.3 Å². The minimum atomic E-state index is 0.834. The second kappa shape index (κ2) is 9.47. The Balaban J connectivity index is 1.51. The van der Waals surface area contributed by atoms with Crippen molar-refractivity contribution < 1.29 is 0 Å². The number of hydrogen-bond acceptors (Lipinski definition) is 1. The number of nitrogens with zero attached hydrogens (tertiary/aromatic N) is 1. The average molecular weight is 408 g/mol. The fourth-order valence-electron chi connectivity index (χ4n) is 4.71. The molecule has 0 aliphatic heterocycles. The number of benzene rings is 3. The first kappa shape index (κ1) is 21.3. The minimum absolute atomic E-state index is 0.834. The van der Waals surface area contributed by atoms with E-state index in [1.807, 2.05) is 0 Å². The van der Waals surface area contributed by atoms with Crippen LogP contribution in [0.1, 0.15) is 60.1 Å². The average Bonchev–Trinajstić information content (AvgIpc) is 2.79. The molecule has 1 aliphatic rings. The normalized spacial score (nSPS) is 13.7. The molecule has 0 fully saturated rings. The zero-order valence-electron chi connectivity index (χ0n) is 19.3. The van der Waals surface area contributed by atoms with Gasteiger partial charge in [-0.3, -0.25) is 4.99 Å². The van der Waals surface area contributed by atoms with Gasteiger partial charge in [-0.15, -0.1) is 0 Å². The molecule has 0 radical (unpaired) electrons. The van der Waals surface area contributed by atoms with Gasteiger partial charge in [-0.1, -0.05) is 67.6 Å². The summed E-state index contributed by atoms with van der Waals surface area (Å²) < 4.78 is 0. The molecule has 3 aromatic rings. The molecule has 0 aromatic heterocycles. The fraction of sp³-hybridized carbons (Fsp3) is 0.300. The van der Waals surface area contributed by atoms with Gasteiger partial charge in [-0.25, -0.2) is 0 Å². The topological polar surface area (TPSA) is 12.4 Å². The molecule has 3 aromatic carbocycles. The second-order valence-electron chi connectivity index (χ2n) is 8.68. The molecule has 0 saturated carbocycles. The van der Waals surface area contributed by atoms with E-state index >= 15 is 0 Å². The van der Waals surface area contributed by atoms with Crippen LogP contribution >= 0.6 is 0 Å². The van der Waals surface area contributed by atoms with Crippen molar-refractivity contribution in [2.45, 2.75) is 53.4 Å². The number of allylic oxidation sites excluding steroid dienone is 1. The standard InChI is InChI=1S/C30H33N/c1-5-24-15-16-25-11-7-12-26(29(25)19-24)17-18-31-23(4)27-13-8-14-28(20-27)30-21(2)9-6-10-22(30)3/h6,8-10,12-16,19-20H,5,7,11,17-18H2,1-4H3. The minimum Gasteiger partial charge on any atom is -0.289 e. The Morgan fingerprint density at radius 3 is 2.48 bits per heavy atom. The third-order valence-electron chi connectivity index (χ3n) is 6.51. The maximum absolute atomic E-state index is 4.96. The number of aryl methyl sites for hydroxylation is 4. The van der Waals surface area contributed by atoms with Crippen molar-refractivity contribution in [1.82, 2.24) is 0 Å². The van der Waals surface area contributed by atoms with Crippen LogP contribution in [-0.2, 0) is 12.8 Å². The molecule has 0 N–H and O–H groups in total. The second-order valence-corrected chi connectivity index (χ2v) is 8.68. The lowest BCUT2D eigenvalue weighted by Gasteiger charge is -2.18. The summed E-state index contributed by atoms with van der Waals surface area (Å²) in [5.74, 6) is 0. The number of aliphatic imine (C=N–C) groups is 1. The third kappa shape index (κ3) is 4.71. The van der Waals surface area contributed by atoms with E-state index in [1.165, 1.54) is 50.1 Å². The fourth-order valence-corrected chi connectivity index (χ4v) is 4.71. The van der Waals surface area contributed by atoms with Crippen LogP contribution in [0.3, 0.4) is 0 Å². The monoisotopic (exact) mass is 407 g/mol. The quantitative estimate of drug-likeness (QED) is 0.370. The van der Waals surface area contributed by atoms with Crippen molar-refractivity contribution in [3.8, 4) is 11.1 Å². The van der Waals surface area contributed by atoms with Gasteiger partial charge in [0.25, 0.3) is 0 Å². The summed E-state index contributed by atoms with van der Waals surface area (Å²) in [7, 11) is 0.